The summed E-state index contributed by atoms with van der Waals surface area (Å²) >= 11 is 1.65. The number of rotatable bonds is 3. The Bertz CT molecular complexity index is 885. The molecule has 6 heteroatoms. The van der Waals surface area contributed by atoms with Crippen LogP contribution in [-0.2, 0) is 24.2 Å². The minimum Gasteiger partial charge on any atom is -0.352 e. The van der Waals surface area contributed by atoms with E-state index in [0.29, 0.717) is 11.8 Å². The Morgan fingerprint density at radius 2 is 2.08 bits per heavy atom. The minimum atomic E-state index is -0.0803. The van der Waals surface area contributed by atoms with E-state index in [0.717, 1.165) is 42.3 Å². The Balaban J connectivity index is 1.54. The maximum absolute atomic E-state index is 13.0. The maximum atomic E-state index is 13.0. The number of amides is 1. The van der Waals surface area contributed by atoms with Crippen molar-refractivity contribution in [2.24, 2.45) is 11.8 Å². The molecule has 1 saturated carbocycles. The number of carbonyl (C=O) groups excluding carboxylic acids is 1. The Kier molecular flexibility index (Phi) is 4.86. The molecule has 1 N–H and O–H groups in total. The summed E-state index contributed by atoms with van der Waals surface area (Å²) in [6.07, 6.45) is 9.29. The lowest BCUT2D eigenvalue weighted by Crippen LogP contribution is -2.45. The molecule has 2 heterocycles. The average Bonchev–Trinajstić information content (AvgIpc) is 3.01. The molecule has 2 aromatic heterocycles. The molecule has 140 valence electrons. The van der Waals surface area contributed by atoms with Crippen LogP contribution in [-0.4, -0.2) is 21.5 Å². The van der Waals surface area contributed by atoms with Gasteiger partial charge in [0.2, 0.25) is 5.91 Å². The summed E-state index contributed by atoms with van der Waals surface area (Å²) in [4.78, 5) is 32.1. The Labute approximate surface area is 157 Å². The Morgan fingerprint density at radius 3 is 2.92 bits per heavy atom. The fraction of sp³-hybridized carbons (Fsp3) is 0.650. The molecule has 0 aliphatic heterocycles. The zero-order valence-electron chi connectivity index (χ0n) is 15.6. The van der Waals surface area contributed by atoms with E-state index < -0.39 is 0 Å². The topological polar surface area (TPSA) is 64.0 Å². The zero-order chi connectivity index (χ0) is 18.3. The number of thiophene rings is 1. The van der Waals surface area contributed by atoms with E-state index in [-0.39, 0.29) is 24.1 Å². The molecule has 1 amide bonds. The van der Waals surface area contributed by atoms with Crippen LogP contribution in [0.5, 0.6) is 0 Å². The zero-order valence-corrected chi connectivity index (χ0v) is 16.4. The number of hydrogen-bond donors (Lipinski definition) is 1. The van der Waals surface area contributed by atoms with Gasteiger partial charge in [-0.05, 0) is 49.5 Å². The fourth-order valence-electron chi connectivity index (χ4n) is 4.49. The third-order valence-electron chi connectivity index (χ3n) is 6.31. The lowest BCUT2D eigenvalue weighted by molar-refractivity contribution is -0.123. The van der Waals surface area contributed by atoms with Crippen LogP contribution >= 0.6 is 11.3 Å². The van der Waals surface area contributed by atoms with Crippen LogP contribution in [0.2, 0.25) is 0 Å². The lowest BCUT2D eigenvalue weighted by atomic mass is 9.78. The highest BCUT2D eigenvalue weighted by molar-refractivity contribution is 7.18. The summed E-state index contributed by atoms with van der Waals surface area (Å²) in [5.74, 6) is 1.03. The third kappa shape index (κ3) is 3.20. The van der Waals surface area contributed by atoms with Gasteiger partial charge in [0.05, 0.1) is 11.7 Å². The molecule has 0 unspecified atom stereocenters. The summed E-state index contributed by atoms with van der Waals surface area (Å²) in [7, 11) is 0. The van der Waals surface area contributed by atoms with Crippen molar-refractivity contribution in [1.29, 1.82) is 0 Å². The minimum absolute atomic E-state index is 0.0595. The van der Waals surface area contributed by atoms with Gasteiger partial charge in [0.15, 0.2) is 0 Å². The van der Waals surface area contributed by atoms with Crippen molar-refractivity contribution in [3.05, 3.63) is 27.1 Å². The Morgan fingerprint density at radius 1 is 1.27 bits per heavy atom. The predicted molar refractivity (Wildman–Crippen MR) is 105 cm³/mol. The Hall–Kier alpha value is -1.69. The molecule has 0 saturated heterocycles. The summed E-state index contributed by atoms with van der Waals surface area (Å²) in [6, 6.07) is 0.215. The maximum Gasteiger partial charge on any atom is 0.262 e. The second-order valence-corrected chi connectivity index (χ2v) is 9.09. The van der Waals surface area contributed by atoms with Gasteiger partial charge in [-0.15, -0.1) is 11.3 Å². The first kappa shape index (κ1) is 17.7. The highest BCUT2D eigenvalue weighted by Crippen LogP contribution is 2.33. The quantitative estimate of drug-likeness (QED) is 0.898. The largest absolute Gasteiger partial charge is 0.352 e. The summed E-state index contributed by atoms with van der Waals surface area (Å²) in [5.41, 5.74) is 1.12. The van der Waals surface area contributed by atoms with Gasteiger partial charge in [-0.1, -0.05) is 26.7 Å². The van der Waals surface area contributed by atoms with E-state index in [1.165, 1.54) is 27.8 Å². The van der Waals surface area contributed by atoms with Crippen LogP contribution in [0.1, 0.15) is 56.4 Å². The van der Waals surface area contributed by atoms with Crippen LogP contribution in [0.3, 0.4) is 0 Å². The number of nitrogens with one attached hydrogen (secondary N) is 1. The van der Waals surface area contributed by atoms with Gasteiger partial charge in [0.1, 0.15) is 11.4 Å². The van der Waals surface area contributed by atoms with Gasteiger partial charge < -0.3 is 5.32 Å². The molecule has 2 aliphatic carbocycles. The average molecular weight is 374 g/mol. The monoisotopic (exact) mass is 373 g/mol. The van der Waals surface area contributed by atoms with Gasteiger partial charge in [0.25, 0.3) is 5.56 Å². The molecule has 0 aromatic carbocycles. The number of aromatic nitrogens is 2. The van der Waals surface area contributed by atoms with Crippen molar-refractivity contribution in [1.82, 2.24) is 14.9 Å². The van der Waals surface area contributed by atoms with Crippen LogP contribution < -0.4 is 10.9 Å². The first-order valence-corrected chi connectivity index (χ1v) is 10.7. The van der Waals surface area contributed by atoms with E-state index in [9.17, 15) is 9.59 Å². The van der Waals surface area contributed by atoms with E-state index in [4.69, 9.17) is 0 Å². The first-order valence-electron chi connectivity index (χ1n) is 9.83. The van der Waals surface area contributed by atoms with Gasteiger partial charge in [-0.3, -0.25) is 14.2 Å². The molecule has 0 radical (unpaired) electrons. The second kappa shape index (κ2) is 7.14. The number of aryl methyl sites for hydroxylation is 2. The summed E-state index contributed by atoms with van der Waals surface area (Å²) < 4.78 is 1.48. The smallest absolute Gasteiger partial charge is 0.262 e. The van der Waals surface area contributed by atoms with Crippen molar-refractivity contribution >= 4 is 27.5 Å². The number of carbonyl (C=O) groups is 1. The van der Waals surface area contributed by atoms with Crippen molar-refractivity contribution in [2.75, 3.05) is 0 Å². The van der Waals surface area contributed by atoms with Gasteiger partial charge in [-0.2, -0.15) is 0 Å². The van der Waals surface area contributed by atoms with E-state index in [1.807, 2.05) is 0 Å². The first-order chi connectivity index (χ1) is 12.5. The van der Waals surface area contributed by atoms with Crippen molar-refractivity contribution in [3.63, 3.8) is 0 Å². The molecule has 5 nitrogen and oxygen atoms in total. The van der Waals surface area contributed by atoms with Gasteiger partial charge in [-0.25, -0.2) is 4.98 Å². The van der Waals surface area contributed by atoms with Crippen LogP contribution in [0.4, 0.5) is 0 Å². The molecule has 1 fully saturated rings. The summed E-state index contributed by atoms with van der Waals surface area (Å²) in [5, 5.41) is 3.90. The lowest BCUT2D eigenvalue weighted by Gasteiger charge is -2.34. The SMILES string of the molecule is C[C@H]1[C@H](C)CCC[C@@H]1NC(=O)Cn1cnc2sc3c(c2c1=O)CCCC3. The number of nitrogens with zero attached hydrogens (tertiary/aromatic N) is 2. The standard InChI is InChI=1S/C20H27N3O2S/c1-12-6-5-8-15(13(12)2)22-17(24)10-23-11-21-19-18(20(23)25)14-7-3-4-9-16(14)26-19/h11-13,15H,3-10H2,1-2H3,(H,22,24)/t12-,13+,15+/m1/s1. The molecule has 2 aromatic rings. The predicted octanol–water partition coefficient (Wildman–Crippen LogP) is 3.28. The molecule has 26 heavy (non-hydrogen) atoms. The highest BCUT2D eigenvalue weighted by atomic mass is 32.1. The summed E-state index contributed by atoms with van der Waals surface area (Å²) in [6.45, 7) is 4.53. The van der Waals surface area contributed by atoms with E-state index in [2.05, 4.69) is 24.1 Å². The fourth-order valence-corrected chi connectivity index (χ4v) is 5.71. The number of hydrogen-bond acceptors (Lipinski definition) is 4. The highest BCUT2D eigenvalue weighted by Gasteiger charge is 2.28. The molecular weight excluding hydrogens is 346 g/mol. The normalized spacial score (nSPS) is 25.8. The van der Waals surface area contributed by atoms with E-state index in [1.54, 1.807) is 17.7 Å². The van der Waals surface area contributed by atoms with Crippen molar-refractivity contribution in [2.45, 2.75) is 71.4 Å². The van der Waals surface area contributed by atoms with Crippen molar-refractivity contribution in [3.8, 4) is 0 Å². The van der Waals surface area contributed by atoms with Crippen LogP contribution in [0, 0.1) is 11.8 Å². The third-order valence-corrected chi connectivity index (χ3v) is 7.51. The molecule has 4 rings (SSSR count). The molecule has 0 bridgehead atoms. The van der Waals surface area contributed by atoms with Gasteiger partial charge in [0, 0.05) is 10.9 Å². The molecular formula is C20H27N3O2S. The van der Waals surface area contributed by atoms with Gasteiger partial charge >= 0.3 is 0 Å². The number of fused-ring (bicyclic) bond motifs is 3. The van der Waals surface area contributed by atoms with Crippen molar-refractivity contribution < 1.29 is 4.79 Å². The molecule has 0 spiro atoms. The van der Waals surface area contributed by atoms with Crippen LogP contribution in [0.15, 0.2) is 11.1 Å². The van der Waals surface area contributed by atoms with E-state index >= 15 is 0 Å². The van der Waals surface area contributed by atoms with Crippen LogP contribution in [0.25, 0.3) is 10.2 Å². The molecule has 3 atom stereocenters. The second-order valence-electron chi connectivity index (χ2n) is 8.01. The molecule has 2 aliphatic rings.